The molecule has 0 unspecified atom stereocenters. The predicted molar refractivity (Wildman–Crippen MR) is 121 cm³/mol. The molecule has 2 aromatic rings. The second-order valence-corrected chi connectivity index (χ2v) is 10.3. The van der Waals surface area contributed by atoms with E-state index in [1.807, 2.05) is 6.07 Å². The van der Waals surface area contributed by atoms with Crippen LogP contribution in [-0.2, 0) is 14.8 Å². The predicted octanol–water partition coefficient (Wildman–Crippen LogP) is 4.21. The van der Waals surface area contributed by atoms with E-state index >= 15 is 0 Å². The van der Waals surface area contributed by atoms with E-state index < -0.39 is 15.8 Å². The molecule has 1 aliphatic heterocycles. The standard InChI is InChI=1S/C24H26N2O5S/c27-23(13-6-17-4-10-20(11-5-17)32(28,29)26-18-7-8-18)25-19-9-12-21-22(16-19)31-24(30-21)14-2-1-3-15-24/h4-6,9-13,16,18,26H,1-3,7-8,14-15H2,(H,25,27). The van der Waals surface area contributed by atoms with Crippen LogP contribution in [0.5, 0.6) is 11.5 Å². The van der Waals surface area contributed by atoms with Gasteiger partial charge in [0.15, 0.2) is 11.5 Å². The van der Waals surface area contributed by atoms with Gasteiger partial charge in [-0.05, 0) is 61.6 Å². The molecule has 1 heterocycles. The number of hydrogen-bond acceptors (Lipinski definition) is 5. The van der Waals surface area contributed by atoms with Crippen LogP contribution in [-0.4, -0.2) is 26.2 Å². The molecule has 8 heteroatoms. The van der Waals surface area contributed by atoms with Crippen molar-refractivity contribution in [1.29, 1.82) is 0 Å². The highest BCUT2D eigenvalue weighted by Crippen LogP contribution is 2.46. The number of carbonyl (C=O) groups is 1. The molecule has 7 nitrogen and oxygen atoms in total. The maximum absolute atomic E-state index is 12.4. The Kier molecular flexibility index (Phi) is 5.43. The number of nitrogens with one attached hydrogen (secondary N) is 2. The van der Waals surface area contributed by atoms with E-state index in [4.69, 9.17) is 9.47 Å². The molecule has 1 spiro atoms. The third kappa shape index (κ3) is 4.66. The smallest absolute Gasteiger partial charge is 0.251 e. The van der Waals surface area contributed by atoms with E-state index in [1.54, 1.807) is 42.5 Å². The molecule has 0 aromatic heterocycles. The Morgan fingerprint density at radius 3 is 2.41 bits per heavy atom. The Balaban J connectivity index is 1.20. The van der Waals surface area contributed by atoms with E-state index in [2.05, 4.69) is 10.0 Å². The van der Waals surface area contributed by atoms with Crippen molar-refractivity contribution in [3.05, 3.63) is 54.1 Å². The van der Waals surface area contributed by atoms with Gasteiger partial charge in [-0.1, -0.05) is 18.6 Å². The average molecular weight is 455 g/mol. The van der Waals surface area contributed by atoms with E-state index in [9.17, 15) is 13.2 Å². The van der Waals surface area contributed by atoms with Gasteiger partial charge >= 0.3 is 0 Å². The number of ether oxygens (including phenoxy) is 2. The highest BCUT2D eigenvalue weighted by molar-refractivity contribution is 7.89. The molecular formula is C24H26N2O5S. The molecule has 1 amide bonds. The van der Waals surface area contributed by atoms with Crippen LogP contribution in [0.1, 0.15) is 50.5 Å². The third-order valence-corrected chi connectivity index (χ3v) is 7.47. The summed E-state index contributed by atoms with van der Waals surface area (Å²) in [4.78, 5) is 12.6. The van der Waals surface area contributed by atoms with Crippen molar-refractivity contribution in [3.63, 3.8) is 0 Å². The first kappa shape index (κ1) is 21.0. The molecule has 2 aromatic carbocycles. The van der Waals surface area contributed by atoms with Crippen LogP contribution in [0.2, 0.25) is 0 Å². The summed E-state index contributed by atoms with van der Waals surface area (Å²) in [5.74, 6) is 0.539. The summed E-state index contributed by atoms with van der Waals surface area (Å²) < 4.78 is 39.3. The molecule has 32 heavy (non-hydrogen) atoms. The van der Waals surface area contributed by atoms with Gasteiger partial charge in [-0.25, -0.2) is 13.1 Å². The Morgan fingerprint density at radius 2 is 1.69 bits per heavy atom. The minimum atomic E-state index is -3.48. The molecule has 0 atom stereocenters. The van der Waals surface area contributed by atoms with Crippen LogP contribution >= 0.6 is 0 Å². The largest absolute Gasteiger partial charge is 0.448 e. The maximum Gasteiger partial charge on any atom is 0.251 e. The number of fused-ring (bicyclic) bond motifs is 1. The second-order valence-electron chi connectivity index (χ2n) is 8.62. The summed E-state index contributed by atoms with van der Waals surface area (Å²) in [6.07, 6.45) is 9.97. The number of hydrogen-bond donors (Lipinski definition) is 2. The number of benzene rings is 2. The minimum Gasteiger partial charge on any atom is -0.448 e. The van der Waals surface area contributed by atoms with Gasteiger partial charge in [0.05, 0.1) is 4.90 Å². The van der Waals surface area contributed by atoms with Gasteiger partial charge in [0.2, 0.25) is 15.9 Å². The first-order valence-electron chi connectivity index (χ1n) is 11.0. The summed E-state index contributed by atoms with van der Waals surface area (Å²) >= 11 is 0. The van der Waals surface area contributed by atoms with Crippen LogP contribution in [0.15, 0.2) is 53.4 Å². The second kappa shape index (κ2) is 8.26. The summed E-state index contributed by atoms with van der Waals surface area (Å²) in [5.41, 5.74) is 1.36. The first-order chi connectivity index (χ1) is 15.4. The molecular weight excluding hydrogens is 428 g/mol. The van der Waals surface area contributed by atoms with Gasteiger partial charge in [0.1, 0.15) is 0 Å². The van der Waals surface area contributed by atoms with Gasteiger partial charge in [0.25, 0.3) is 5.79 Å². The lowest BCUT2D eigenvalue weighted by Crippen LogP contribution is -2.40. The van der Waals surface area contributed by atoms with Gasteiger partial charge in [0, 0.05) is 36.7 Å². The van der Waals surface area contributed by atoms with Gasteiger partial charge in [-0.2, -0.15) is 0 Å². The molecule has 0 radical (unpaired) electrons. The Hall–Kier alpha value is -2.84. The zero-order valence-electron chi connectivity index (χ0n) is 17.7. The summed E-state index contributed by atoms with van der Waals surface area (Å²) in [7, 11) is -3.48. The van der Waals surface area contributed by atoms with Crippen LogP contribution < -0.4 is 19.5 Å². The van der Waals surface area contributed by atoms with Crippen molar-refractivity contribution in [2.24, 2.45) is 0 Å². The highest BCUT2D eigenvalue weighted by atomic mass is 32.2. The molecule has 0 bridgehead atoms. The molecule has 5 rings (SSSR count). The van der Waals surface area contributed by atoms with E-state index in [-0.39, 0.29) is 16.8 Å². The normalized spacial score (nSPS) is 19.4. The lowest BCUT2D eigenvalue weighted by atomic mass is 9.94. The Bertz CT molecular complexity index is 1150. The quantitative estimate of drug-likeness (QED) is 0.638. The SMILES string of the molecule is O=C(C=Cc1ccc(S(=O)(=O)NC2CC2)cc1)Nc1ccc2c(c1)OC1(CCCCC1)O2. The Labute approximate surface area is 187 Å². The third-order valence-electron chi connectivity index (χ3n) is 5.94. The van der Waals surface area contributed by atoms with Gasteiger partial charge in [-0.15, -0.1) is 0 Å². The summed E-state index contributed by atoms with van der Waals surface area (Å²) in [6.45, 7) is 0. The van der Waals surface area contributed by atoms with Crippen molar-refractivity contribution in [1.82, 2.24) is 4.72 Å². The van der Waals surface area contributed by atoms with Crippen molar-refractivity contribution >= 4 is 27.7 Å². The monoisotopic (exact) mass is 454 g/mol. The van der Waals surface area contributed by atoms with Crippen molar-refractivity contribution in [3.8, 4) is 11.5 Å². The first-order valence-corrected chi connectivity index (χ1v) is 12.5. The van der Waals surface area contributed by atoms with E-state index in [0.717, 1.165) is 44.1 Å². The number of carbonyl (C=O) groups excluding carboxylic acids is 1. The fourth-order valence-electron chi connectivity index (χ4n) is 4.07. The zero-order chi connectivity index (χ0) is 22.2. The molecule has 168 valence electrons. The van der Waals surface area contributed by atoms with Crippen molar-refractivity contribution < 1.29 is 22.7 Å². The lowest BCUT2D eigenvalue weighted by Gasteiger charge is -2.31. The molecule has 3 aliphatic rings. The molecule has 2 N–H and O–H groups in total. The number of anilines is 1. The summed E-state index contributed by atoms with van der Waals surface area (Å²) in [5, 5.41) is 2.83. The number of amides is 1. The average Bonchev–Trinajstić information content (AvgIpc) is 3.51. The van der Waals surface area contributed by atoms with Crippen LogP contribution in [0, 0.1) is 0 Å². The lowest BCUT2D eigenvalue weighted by molar-refractivity contribution is -0.111. The van der Waals surface area contributed by atoms with Crippen LogP contribution in [0.3, 0.4) is 0 Å². The fraction of sp³-hybridized carbons (Fsp3) is 0.375. The van der Waals surface area contributed by atoms with Crippen LogP contribution in [0.4, 0.5) is 5.69 Å². The fourth-order valence-corrected chi connectivity index (χ4v) is 5.37. The van der Waals surface area contributed by atoms with Crippen molar-refractivity contribution in [2.75, 3.05) is 5.32 Å². The molecule has 2 saturated carbocycles. The Morgan fingerprint density at radius 1 is 0.969 bits per heavy atom. The van der Waals surface area contributed by atoms with Gasteiger partial charge in [-0.3, -0.25) is 4.79 Å². The number of rotatable bonds is 6. The topological polar surface area (TPSA) is 93.7 Å². The summed E-state index contributed by atoms with van der Waals surface area (Å²) in [6, 6.07) is 11.9. The van der Waals surface area contributed by atoms with E-state index in [1.165, 1.54) is 12.5 Å². The maximum atomic E-state index is 12.4. The van der Waals surface area contributed by atoms with Gasteiger partial charge < -0.3 is 14.8 Å². The van der Waals surface area contributed by atoms with Crippen molar-refractivity contribution in [2.45, 2.75) is 61.7 Å². The highest BCUT2D eigenvalue weighted by Gasteiger charge is 2.42. The molecule has 2 aliphatic carbocycles. The number of sulfonamides is 1. The van der Waals surface area contributed by atoms with Crippen LogP contribution in [0.25, 0.3) is 6.08 Å². The zero-order valence-corrected chi connectivity index (χ0v) is 18.5. The molecule has 0 saturated heterocycles. The minimum absolute atomic E-state index is 0.0626. The molecule has 2 fully saturated rings. The van der Waals surface area contributed by atoms with E-state index in [0.29, 0.717) is 17.2 Å².